The molecule has 0 aliphatic carbocycles. The number of aryl methyl sites for hydroxylation is 1. The maximum atomic E-state index is 13.5. The molecule has 1 aromatic carbocycles. The van der Waals surface area contributed by atoms with Crippen molar-refractivity contribution in [2.75, 3.05) is 0 Å². The van der Waals surface area contributed by atoms with E-state index in [0.29, 0.717) is 11.0 Å². The SMILES string of the molecule is Cc1ccc(CNC(=O)c2ccc(Br)cc2F)s1. The van der Waals surface area contributed by atoms with Crippen molar-refractivity contribution in [3.05, 3.63) is 55.9 Å². The summed E-state index contributed by atoms with van der Waals surface area (Å²) in [5.74, 6) is -0.921. The lowest BCUT2D eigenvalue weighted by molar-refractivity contribution is 0.0947. The van der Waals surface area contributed by atoms with Gasteiger partial charge in [0.1, 0.15) is 5.82 Å². The second-order valence-electron chi connectivity index (χ2n) is 3.82. The summed E-state index contributed by atoms with van der Waals surface area (Å²) in [6.45, 7) is 2.43. The first-order valence-electron chi connectivity index (χ1n) is 5.35. The molecule has 0 aliphatic rings. The maximum Gasteiger partial charge on any atom is 0.254 e. The van der Waals surface area contributed by atoms with Crippen LogP contribution in [0.15, 0.2) is 34.8 Å². The number of carbonyl (C=O) groups excluding carboxylic acids is 1. The summed E-state index contributed by atoms with van der Waals surface area (Å²) in [6.07, 6.45) is 0. The molecule has 0 saturated heterocycles. The fraction of sp³-hybridized carbons (Fsp3) is 0.154. The number of hydrogen-bond acceptors (Lipinski definition) is 2. The van der Waals surface area contributed by atoms with Crippen molar-refractivity contribution < 1.29 is 9.18 Å². The molecule has 0 fully saturated rings. The zero-order valence-corrected chi connectivity index (χ0v) is 12.1. The first kappa shape index (κ1) is 13.2. The van der Waals surface area contributed by atoms with E-state index in [1.165, 1.54) is 17.0 Å². The molecule has 1 N–H and O–H groups in total. The predicted molar refractivity (Wildman–Crippen MR) is 74.3 cm³/mol. The van der Waals surface area contributed by atoms with Crippen LogP contribution in [0.25, 0.3) is 0 Å². The van der Waals surface area contributed by atoms with Crippen molar-refractivity contribution in [1.82, 2.24) is 5.32 Å². The summed E-state index contributed by atoms with van der Waals surface area (Å²) in [7, 11) is 0. The summed E-state index contributed by atoms with van der Waals surface area (Å²) in [4.78, 5) is 14.0. The van der Waals surface area contributed by atoms with E-state index in [1.807, 2.05) is 19.1 Å². The Morgan fingerprint density at radius 2 is 2.17 bits per heavy atom. The summed E-state index contributed by atoms with van der Waals surface area (Å²) in [5.41, 5.74) is 0.0616. The molecule has 0 radical (unpaired) electrons. The first-order chi connectivity index (χ1) is 8.56. The van der Waals surface area contributed by atoms with Crippen LogP contribution in [0.5, 0.6) is 0 Å². The molecular weight excluding hydrogens is 317 g/mol. The minimum absolute atomic E-state index is 0.0616. The monoisotopic (exact) mass is 327 g/mol. The molecule has 1 heterocycles. The maximum absolute atomic E-state index is 13.5. The Labute approximate surface area is 117 Å². The first-order valence-corrected chi connectivity index (χ1v) is 6.96. The van der Waals surface area contributed by atoms with Gasteiger partial charge in [-0.3, -0.25) is 4.79 Å². The second-order valence-corrected chi connectivity index (χ2v) is 6.11. The van der Waals surface area contributed by atoms with E-state index in [2.05, 4.69) is 21.2 Å². The van der Waals surface area contributed by atoms with Crippen molar-refractivity contribution in [2.24, 2.45) is 0 Å². The number of amides is 1. The van der Waals surface area contributed by atoms with Gasteiger partial charge in [-0.2, -0.15) is 0 Å². The third-order valence-electron chi connectivity index (χ3n) is 2.39. The van der Waals surface area contributed by atoms with E-state index in [0.717, 1.165) is 4.88 Å². The molecule has 0 saturated carbocycles. The Morgan fingerprint density at radius 3 is 2.78 bits per heavy atom. The van der Waals surface area contributed by atoms with Gasteiger partial charge in [-0.1, -0.05) is 15.9 Å². The Morgan fingerprint density at radius 1 is 1.39 bits per heavy atom. The minimum Gasteiger partial charge on any atom is -0.347 e. The van der Waals surface area contributed by atoms with E-state index in [-0.39, 0.29) is 5.56 Å². The average molecular weight is 328 g/mol. The number of carbonyl (C=O) groups is 1. The quantitative estimate of drug-likeness (QED) is 0.910. The molecule has 1 aromatic heterocycles. The number of hydrogen-bond donors (Lipinski definition) is 1. The molecule has 1 amide bonds. The lowest BCUT2D eigenvalue weighted by atomic mass is 10.2. The van der Waals surface area contributed by atoms with Gasteiger partial charge < -0.3 is 5.32 Å². The largest absolute Gasteiger partial charge is 0.347 e. The van der Waals surface area contributed by atoms with Crippen molar-refractivity contribution >= 4 is 33.2 Å². The number of halogens is 2. The van der Waals surface area contributed by atoms with Crippen LogP contribution in [0, 0.1) is 12.7 Å². The topological polar surface area (TPSA) is 29.1 Å². The average Bonchev–Trinajstić information content (AvgIpc) is 2.72. The zero-order chi connectivity index (χ0) is 13.1. The van der Waals surface area contributed by atoms with Crippen LogP contribution in [-0.4, -0.2) is 5.91 Å². The van der Waals surface area contributed by atoms with Crippen LogP contribution in [0.4, 0.5) is 4.39 Å². The van der Waals surface area contributed by atoms with Gasteiger partial charge in [0, 0.05) is 14.2 Å². The van der Waals surface area contributed by atoms with Crippen molar-refractivity contribution in [3.63, 3.8) is 0 Å². The second kappa shape index (κ2) is 5.63. The lowest BCUT2D eigenvalue weighted by Crippen LogP contribution is -2.23. The number of rotatable bonds is 3. The molecule has 5 heteroatoms. The fourth-order valence-electron chi connectivity index (χ4n) is 1.52. The normalized spacial score (nSPS) is 10.4. The Bertz CT molecular complexity index is 582. The lowest BCUT2D eigenvalue weighted by Gasteiger charge is -2.05. The molecule has 0 aliphatic heterocycles. The Kier molecular flexibility index (Phi) is 4.14. The van der Waals surface area contributed by atoms with Gasteiger partial charge >= 0.3 is 0 Å². The van der Waals surface area contributed by atoms with Crippen LogP contribution in [0.1, 0.15) is 20.1 Å². The van der Waals surface area contributed by atoms with Crippen molar-refractivity contribution in [3.8, 4) is 0 Å². The highest BCUT2D eigenvalue weighted by atomic mass is 79.9. The minimum atomic E-state index is -0.524. The highest BCUT2D eigenvalue weighted by Gasteiger charge is 2.11. The highest BCUT2D eigenvalue weighted by Crippen LogP contribution is 2.17. The third kappa shape index (κ3) is 3.17. The number of thiophene rings is 1. The molecule has 2 aromatic rings. The molecule has 94 valence electrons. The predicted octanol–water partition coefficient (Wildman–Crippen LogP) is 3.89. The molecule has 0 spiro atoms. The van der Waals surface area contributed by atoms with E-state index in [9.17, 15) is 9.18 Å². The smallest absolute Gasteiger partial charge is 0.254 e. The molecule has 2 nitrogen and oxygen atoms in total. The summed E-state index contributed by atoms with van der Waals surface area (Å²) >= 11 is 4.77. The van der Waals surface area contributed by atoms with E-state index >= 15 is 0 Å². The standard InChI is InChI=1S/C13H11BrFNOS/c1-8-2-4-10(18-8)7-16-13(17)11-5-3-9(14)6-12(11)15/h2-6H,7H2,1H3,(H,16,17). The van der Waals surface area contributed by atoms with Crippen LogP contribution < -0.4 is 5.32 Å². The Balaban J connectivity index is 2.03. The van der Waals surface area contributed by atoms with E-state index in [4.69, 9.17) is 0 Å². The van der Waals surface area contributed by atoms with Crippen LogP contribution in [0.2, 0.25) is 0 Å². The fourth-order valence-corrected chi connectivity index (χ4v) is 2.68. The third-order valence-corrected chi connectivity index (χ3v) is 3.89. The van der Waals surface area contributed by atoms with E-state index < -0.39 is 11.7 Å². The molecule has 2 rings (SSSR count). The molecule has 18 heavy (non-hydrogen) atoms. The van der Waals surface area contributed by atoms with Gasteiger partial charge in [-0.15, -0.1) is 11.3 Å². The number of nitrogens with one attached hydrogen (secondary N) is 1. The molecule has 0 unspecified atom stereocenters. The van der Waals surface area contributed by atoms with Crippen molar-refractivity contribution in [2.45, 2.75) is 13.5 Å². The van der Waals surface area contributed by atoms with Crippen LogP contribution in [-0.2, 0) is 6.54 Å². The van der Waals surface area contributed by atoms with Gasteiger partial charge in [0.15, 0.2) is 0 Å². The molecular formula is C13H11BrFNOS. The molecule has 0 bridgehead atoms. The van der Waals surface area contributed by atoms with Crippen LogP contribution in [0.3, 0.4) is 0 Å². The van der Waals surface area contributed by atoms with E-state index in [1.54, 1.807) is 17.4 Å². The number of benzene rings is 1. The Hall–Kier alpha value is -1.20. The summed E-state index contributed by atoms with van der Waals surface area (Å²) in [5, 5.41) is 2.71. The van der Waals surface area contributed by atoms with Gasteiger partial charge in [0.25, 0.3) is 5.91 Å². The zero-order valence-electron chi connectivity index (χ0n) is 9.67. The molecule has 0 atom stereocenters. The van der Waals surface area contributed by atoms with Crippen molar-refractivity contribution in [1.29, 1.82) is 0 Å². The van der Waals surface area contributed by atoms with Gasteiger partial charge in [-0.05, 0) is 37.3 Å². The summed E-state index contributed by atoms with van der Waals surface area (Å²) < 4.78 is 14.2. The highest BCUT2D eigenvalue weighted by molar-refractivity contribution is 9.10. The van der Waals surface area contributed by atoms with Gasteiger partial charge in [0.05, 0.1) is 12.1 Å². The van der Waals surface area contributed by atoms with Gasteiger partial charge in [0.2, 0.25) is 0 Å². The summed E-state index contributed by atoms with van der Waals surface area (Å²) in [6, 6.07) is 8.34. The van der Waals surface area contributed by atoms with Crippen LogP contribution >= 0.6 is 27.3 Å². The van der Waals surface area contributed by atoms with Gasteiger partial charge in [-0.25, -0.2) is 4.39 Å².